The van der Waals surface area contributed by atoms with Crippen LogP contribution in [-0.2, 0) is 10.0 Å². The lowest BCUT2D eigenvalue weighted by Crippen LogP contribution is -2.16. The van der Waals surface area contributed by atoms with E-state index in [9.17, 15) is 17.2 Å². The summed E-state index contributed by atoms with van der Waals surface area (Å²) >= 11 is 5.55. The van der Waals surface area contributed by atoms with Gasteiger partial charge in [0.2, 0.25) is 0 Å². The van der Waals surface area contributed by atoms with Crippen LogP contribution >= 0.6 is 11.6 Å². The number of nitrogens with one attached hydrogen (secondary N) is 1. The number of nitrogens with two attached hydrogens (primary N) is 1. The fourth-order valence-electron chi connectivity index (χ4n) is 1.52. The predicted octanol–water partition coefficient (Wildman–Crippen LogP) is 3.00. The largest absolute Gasteiger partial charge is 0.398 e. The highest BCUT2D eigenvalue weighted by atomic mass is 35.5. The summed E-state index contributed by atoms with van der Waals surface area (Å²) in [6, 6.07) is 6.71. The molecule has 2 aromatic carbocycles. The molecule has 0 aliphatic heterocycles. The van der Waals surface area contributed by atoms with Crippen LogP contribution in [0.25, 0.3) is 0 Å². The van der Waals surface area contributed by atoms with Gasteiger partial charge in [-0.15, -0.1) is 0 Å². The Morgan fingerprint density at radius 3 is 2.55 bits per heavy atom. The van der Waals surface area contributed by atoms with Crippen LogP contribution in [0.1, 0.15) is 0 Å². The molecule has 0 atom stereocenters. The molecule has 106 valence electrons. The Morgan fingerprint density at radius 2 is 1.85 bits per heavy atom. The second-order valence-corrected chi connectivity index (χ2v) is 5.95. The smallest absolute Gasteiger partial charge is 0.264 e. The summed E-state index contributed by atoms with van der Waals surface area (Å²) in [6.07, 6.45) is 0. The fraction of sp³-hybridized carbons (Fsp3) is 0. The minimum Gasteiger partial charge on any atom is -0.398 e. The molecular weight excluding hydrogens is 310 g/mol. The van der Waals surface area contributed by atoms with Crippen molar-refractivity contribution in [2.24, 2.45) is 0 Å². The number of anilines is 2. The first-order valence-corrected chi connectivity index (χ1v) is 7.19. The first-order chi connectivity index (χ1) is 9.31. The van der Waals surface area contributed by atoms with Gasteiger partial charge >= 0.3 is 0 Å². The minimum absolute atomic E-state index is 0.152. The Balaban J connectivity index is 2.46. The molecule has 0 aliphatic rings. The molecular formula is C12H9ClF2N2O2S. The summed E-state index contributed by atoms with van der Waals surface area (Å²) in [4.78, 5) is -0.475. The van der Waals surface area contributed by atoms with Gasteiger partial charge in [0, 0.05) is 0 Å². The second-order valence-electron chi connectivity index (χ2n) is 3.89. The summed E-state index contributed by atoms with van der Waals surface area (Å²) < 4.78 is 52.9. The van der Waals surface area contributed by atoms with Gasteiger partial charge in [0.15, 0.2) is 5.82 Å². The monoisotopic (exact) mass is 318 g/mol. The second kappa shape index (κ2) is 5.26. The molecule has 8 heteroatoms. The van der Waals surface area contributed by atoms with Crippen molar-refractivity contribution >= 4 is 33.0 Å². The minimum atomic E-state index is -4.22. The van der Waals surface area contributed by atoms with Gasteiger partial charge in [0.25, 0.3) is 10.0 Å². The van der Waals surface area contributed by atoms with Gasteiger partial charge < -0.3 is 5.73 Å². The summed E-state index contributed by atoms with van der Waals surface area (Å²) in [6.45, 7) is 0. The van der Waals surface area contributed by atoms with Crippen molar-refractivity contribution in [3.63, 3.8) is 0 Å². The van der Waals surface area contributed by atoms with Gasteiger partial charge in [-0.25, -0.2) is 17.2 Å². The molecule has 2 aromatic rings. The number of hydrogen-bond donors (Lipinski definition) is 2. The van der Waals surface area contributed by atoms with Gasteiger partial charge in [-0.2, -0.15) is 0 Å². The van der Waals surface area contributed by atoms with Crippen molar-refractivity contribution in [2.75, 3.05) is 10.5 Å². The Kier molecular flexibility index (Phi) is 3.82. The van der Waals surface area contributed by atoms with Gasteiger partial charge in [0.05, 0.1) is 16.4 Å². The van der Waals surface area contributed by atoms with E-state index in [1.807, 2.05) is 4.72 Å². The first kappa shape index (κ1) is 14.5. The van der Waals surface area contributed by atoms with Crippen LogP contribution in [0, 0.1) is 11.6 Å². The molecule has 0 bridgehead atoms. The average molecular weight is 319 g/mol. The van der Waals surface area contributed by atoms with E-state index in [1.165, 1.54) is 18.2 Å². The van der Waals surface area contributed by atoms with Crippen LogP contribution < -0.4 is 10.5 Å². The Morgan fingerprint density at radius 1 is 1.15 bits per heavy atom. The topological polar surface area (TPSA) is 72.2 Å². The zero-order valence-electron chi connectivity index (χ0n) is 9.90. The van der Waals surface area contributed by atoms with E-state index in [-0.39, 0.29) is 16.4 Å². The maximum atomic E-state index is 13.7. The molecule has 0 unspecified atom stereocenters. The molecule has 20 heavy (non-hydrogen) atoms. The zero-order chi connectivity index (χ0) is 14.9. The number of halogens is 3. The van der Waals surface area contributed by atoms with Gasteiger partial charge in [-0.05, 0) is 30.3 Å². The molecule has 0 fully saturated rings. The van der Waals surface area contributed by atoms with Crippen LogP contribution in [0.2, 0.25) is 5.02 Å². The van der Waals surface area contributed by atoms with E-state index >= 15 is 0 Å². The highest BCUT2D eigenvalue weighted by Gasteiger charge is 2.20. The summed E-state index contributed by atoms with van der Waals surface area (Å²) in [5, 5.41) is -0.239. The summed E-state index contributed by atoms with van der Waals surface area (Å²) in [5.74, 6) is -1.70. The molecule has 0 saturated carbocycles. The van der Waals surface area contributed by atoms with E-state index in [0.29, 0.717) is 0 Å². The number of sulfonamides is 1. The first-order valence-electron chi connectivity index (χ1n) is 5.33. The van der Waals surface area contributed by atoms with Crippen molar-refractivity contribution in [3.05, 3.63) is 53.1 Å². The normalized spacial score (nSPS) is 11.3. The molecule has 0 saturated heterocycles. The predicted molar refractivity (Wildman–Crippen MR) is 73.0 cm³/mol. The summed E-state index contributed by atoms with van der Waals surface area (Å²) in [5.41, 5.74) is 4.99. The average Bonchev–Trinajstić information content (AvgIpc) is 2.37. The van der Waals surface area contributed by atoms with Crippen LogP contribution in [0.15, 0.2) is 41.3 Å². The third kappa shape index (κ3) is 2.83. The molecule has 4 nitrogen and oxygen atoms in total. The van der Waals surface area contributed by atoms with Crippen LogP contribution in [0.4, 0.5) is 20.2 Å². The molecule has 0 aliphatic carbocycles. The van der Waals surface area contributed by atoms with Gasteiger partial charge in [-0.1, -0.05) is 17.7 Å². The standard InChI is InChI=1S/C12H9ClF2N2O2S/c13-8-2-1-3-10(12(8)15)17-20(18,19)11-6-7(14)4-5-9(11)16/h1-6,17H,16H2. The number of hydrogen-bond acceptors (Lipinski definition) is 3. The lowest BCUT2D eigenvalue weighted by molar-refractivity contribution is 0.594. The van der Waals surface area contributed by atoms with E-state index < -0.39 is 26.6 Å². The fourth-order valence-corrected chi connectivity index (χ4v) is 2.90. The Labute approximate surface area is 119 Å². The van der Waals surface area contributed by atoms with E-state index in [1.54, 1.807) is 0 Å². The molecule has 0 spiro atoms. The number of rotatable bonds is 3. The van der Waals surface area contributed by atoms with Crippen LogP contribution in [0.3, 0.4) is 0 Å². The zero-order valence-corrected chi connectivity index (χ0v) is 11.5. The van der Waals surface area contributed by atoms with Crippen LogP contribution in [0.5, 0.6) is 0 Å². The SMILES string of the molecule is Nc1ccc(F)cc1S(=O)(=O)Nc1cccc(Cl)c1F. The van der Waals surface area contributed by atoms with E-state index in [4.69, 9.17) is 17.3 Å². The Hall–Kier alpha value is -1.86. The molecule has 0 amide bonds. The summed E-state index contributed by atoms with van der Waals surface area (Å²) in [7, 11) is -4.22. The van der Waals surface area contributed by atoms with Crippen molar-refractivity contribution in [1.82, 2.24) is 0 Å². The molecule has 3 N–H and O–H groups in total. The molecule has 0 heterocycles. The quantitative estimate of drug-likeness (QED) is 0.854. The lowest BCUT2D eigenvalue weighted by Gasteiger charge is -2.11. The van der Waals surface area contributed by atoms with Gasteiger partial charge in [-0.3, -0.25) is 4.72 Å². The van der Waals surface area contributed by atoms with Gasteiger partial charge in [0.1, 0.15) is 10.7 Å². The highest BCUT2D eigenvalue weighted by molar-refractivity contribution is 7.92. The van der Waals surface area contributed by atoms with E-state index in [2.05, 4.69) is 0 Å². The number of benzene rings is 2. The van der Waals surface area contributed by atoms with Crippen molar-refractivity contribution in [3.8, 4) is 0 Å². The lowest BCUT2D eigenvalue weighted by atomic mass is 10.3. The third-order valence-corrected chi connectivity index (χ3v) is 4.17. The number of nitrogen functional groups attached to an aromatic ring is 1. The Bertz CT molecular complexity index is 766. The molecule has 0 aromatic heterocycles. The third-order valence-electron chi connectivity index (χ3n) is 2.46. The van der Waals surface area contributed by atoms with Crippen molar-refractivity contribution in [1.29, 1.82) is 0 Å². The molecule has 0 radical (unpaired) electrons. The molecule has 2 rings (SSSR count). The van der Waals surface area contributed by atoms with E-state index in [0.717, 1.165) is 18.2 Å². The van der Waals surface area contributed by atoms with Crippen molar-refractivity contribution < 1.29 is 17.2 Å². The van der Waals surface area contributed by atoms with Crippen molar-refractivity contribution in [2.45, 2.75) is 4.90 Å². The maximum absolute atomic E-state index is 13.7. The van der Waals surface area contributed by atoms with Crippen LogP contribution in [-0.4, -0.2) is 8.42 Å². The highest BCUT2D eigenvalue weighted by Crippen LogP contribution is 2.26. The maximum Gasteiger partial charge on any atom is 0.264 e.